The van der Waals surface area contributed by atoms with Crippen molar-refractivity contribution in [2.45, 2.75) is 12.8 Å². The fourth-order valence-electron chi connectivity index (χ4n) is 3.07. The predicted octanol–water partition coefficient (Wildman–Crippen LogP) is 2.73. The summed E-state index contributed by atoms with van der Waals surface area (Å²) in [4.78, 5) is 37.4. The fourth-order valence-corrected chi connectivity index (χ4v) is 3.20. The minimum Gasteiger partial charge on any atom is -0.455 e. The van der Waals surface area contributed by atoms with Crippen molar-refractivity contribution in [3.8, 4) is 0 Å². The largest absolute Gasteiger partial charge is 0.455 e. The van der Waals surface area contributed by atoms with Gasteiger partial charge in [0.05, 0.1) is 11.6 Å². The van der Waals surface area contributed by atoms with Gasteiger partial charge in [0.2, 0.25) is 5.91 Å². The Morgan fingerprint density at radius 2 is 1.90 bits per heavy atom. The molecule has 0 saturated carbocycles. The number of rotatable bonds is 7. The van der Waals surface area contributed by atoms with E-state index in [1.165, 1.54) is 23.1 Å². The van der Waals surface area contributed by atoms with Crippen LogP contribution in [0, 0.1) is 11.7 Å². The molecule has 0 unspecified atom stereocenters. The lowest BCUT2D eigenvalue weighted by molar-refractivity contribution is -0.152. The summed E-state index contributed by atoms with van der Waals surface area (Å²) < 4.78 is 18.9. The van der Waals surface area contributed by atoms with Crippen molar-refractivity contribution >= 4 is 35.1 Å². The zero-order valence-electron chi connectivity index (χ0n) is 15.6. The van der Waals surface area contributed by atoms with Gasteiger partial charge in [-0.1, -0.05) is 35.9 Å². The molecule has 152 valence electrons. The Labute approximate surface area is 172 Å². The van der Waals surface area contributed by atoms with E-state index < -0.39 is 30.2 Å². The number of nitrogens with one attached hydrogen (secondary N) is 1. The van der Waals surface area contributed by atoms with Crippen molar-refractivity contribution in [1.29, 1.82) is 0 Å². The number of amides is 2. The molecule has 29 heavy (non-hydrogen) atoms. The summed E-state index contributed by atoms with van der Waals surface area (Å²) in [6.45, 7) is -0.0123. The average Bonchev–Trinajstić information content (AvgIpc) is 3.09. The highest BCUT2D eigenvalue weighted by Gasteiger charge is 2.37. The zero-order valence-corrected chi connectivity index (χ0v) is 16.3. The number of hydrogen-bond acceptors (Lipinski definition) is 4. The van der Waals surface area contributed by atoms with E-state index in [2.05, 4.69) is 5.32 Å². The van der Waals surface area contributed by atoms with Gasteiger partial charge in [0, 0.05) is 24.5 Å². The van der Waals surface area contributed by atoms with E-state index in [-0.39, 0.29) is 24.6 Å². The molecule has 0 aromatic heterocycles. The van der Waals surface area contributed by atoms with Crippen LogP contribution in [0.25, 0.3) is 0 Å². The van der Waals surface area contributed by atoms with Crippen LogP contribution in [-0.4, -0.2) is 37.5 Å². The quantitative estimate of drug-likeness (QED) is 0.701. The number of halogens is 2. The van der Waals surface area contributed by atoms with Crippen LogP contribution in [-0.2, 0) is 25.5 Å². The Bertz CT molecular complexity index is 904. The van der Waals surface area contributed by atoms with Crippen molar-refractivity contribution in [3.63, 3.8) is 0 Å². The third-order valence-electron chi connectivity index (χ3n) is 4.60. The molecule has 1 heterocycles. The van der Waals surface area contributed by atoms with Gasteiger partial charge in [-0.15, -0.1) is 0 Å². The first-order chi connectivity index (χ1) is 13.9. The second-order valence-corrected chi connectivity index (χ2v) is 7.13. The number of para-hydroxylation sites is 1. The summed E-state index contributed by atoms with van der Waals surface area (Å²) >= 11 is 5.82. The summed E-state index contributed by atoms with van der Waals surface area (Å²) in [5, 5.41) is 3.31. The van der Waals surface area contributed by atoms with E-state index in [9.17, 15) is 18.8 Å². The number of benzene rings is 2. The lowest BCUT2D eigenvalue weighted by atomic mass is 10.1. The number of carbonyl (C=O) groups excluding carboxylic acids is 3. The van der Waals surface area contributed by atoms with E-state index in [4.69, 9.17) is 16.3 Å². The van der Waals surface area contributed by atoms with Crippen LogP contribution < -0.4 is 10.2 Å². The van der Waals surface area contributed by atoms with Crippen molar-refractivity contribution in [2.24, 2.45) is 5.92 Å². The normalized spacial score (nSPS) is 16.0. The van der Waals surface area contributed by atoms with Gasteiger partial charge < -0.3 is 15.0 Å². The molecule has 0 radical (unpaired) electrons. The molecule has 6 nitrogen and oxygen atoms in total. The number of anilines is 1. The standard InChI is InChI=1S/C21H20ClFN2O4/c22-16-7-5-14(6-8-16)9-10-24-19(26)13-29-21(28)15-11-20(27)25(12-15)18-4-2-1-3-17(18)23/h1-8,15H,9-13H2,(H,24,26)/t15-/m1/s1. The van der Waals surface area contributed by atoms with E-state index >= 15 is 0 Å². The fraction of sp³-hybridized carbons (Fsp3) is 0.286. The highest BCUT2D eigenvalue weighted by molar-refractivity contribution is 6.30. The predicted molar refractivity (Wildman–Crippen MR) is 106 cm³/mol. The minimum absolute atomic E-state index is 0.0246. The third-order valence-corrected chi connectivity index (χ3v) is 4.85. The average molecular weight is 419 g/mol. The van der Waals surface area contributed by atoms with Gasteiger partial charge in [-0.3, -0.25) is 14.4 Å². The molecule has 2 aromatic carbocycles. The van der Waals surface area contributed by atoms with Crippen molar-refractivity contribution < 1.29 is 23.5 Å². The number of ether oxygens (including phenoxy) is 1. The Kier molecular flexibility index (Phi) is 6.82. The summed E-state index contributed by atoms with van der Waals surface area (Å²) in [5.74, 6) is -2.70. The number of hydrogen-bond donors (Lipinski definition) is 1. The maximum absolute atomic E-state index is 13.9. The van der Waals surface area contributed by atoms with Gasteiger partial charge in [-0.05, 0) is 36.2 Å². The van der Waals surface area contributed by atoms with Crippen molar-refractivity contribution in [3.05, 3.63) is 64.9 Å². The molecule has 1 saturated heterocycles. The molecule has 0 spiro atoms. The molecule has 0 aliphatic carbocycles. The van der Waals surface area contributed by atoms with Crippen molar-refractivity contribution in [2.75, 3.05) is 24.6 Å². The lowest BCUT2D eigenvalue weighted by Gasteiger charge is -2.17. The van der Waals surface area contributed by atoms with Gasteiger partial charge in [0.15, 0.2) is 6.61 Å². The first-order valence-corrected chi connectivity index (χ1v) is 9.54. The molecule has 2 amide bonds. The first-order valence-electron chi connectivity index (χ1n) is 9.16. The second-order valence-electron chi connectivity index (χ2n) is 6.69. The smallest absolute Gasteiger partial charge is 0.311 e. The molecule has 1 atom stereocenters. The van der Waals surface area contributed by atoms with Crippen LogP contribution in [0.15, 0.2) is 48.5 Å². The van der Waals surface area contributed by atoms with E-state index in [0.717, 1.165) is 5.56 Å². The highest BCUT2D eigenvalue weighted by atomic mass is 35.5. The van der Waals surface area contributed by atoms with Gasteiger partial charge in [0.25, 0.3) is 5.91 Å². The summed E-state index contributed by atoms with van der Waals surface area (Å²) in [6, 6.07) is 13.2. The molecule has 1 N–H and O–H groups in total. The Balaban J connectivity index is 1.42. The highest BCUT2D eigenvalue weighted by Crippen LogP contribution is 2.27. The van der Waals surface area contributed by atoms with Crippen LogP contribution in [0.5, 0.6) is 0 Å². The molecule has 1 fully saturated rings. The molecule has 2 aromatic rings. The molecule has 1 aliphatic heterocycles. The number of esters is 1. The lowest BCUT2D eigenvalue weighted by Crippen LogP contribution is -2.32. The van der Waals surface area contributed by atoms with Gasteiger partial charge in [-0.2, -0.15) is 0 Å². The molecule has 1 aliphatic rings. The van der Waals surface area contributed by atoms with Gasteiger partial charge in [-0.25, -0.2) is 4.39 Å². The zero-order chi connectivity index (χ0) is 20.8. The Morgan fingerprint density at radius 1 is 1.17 bits per heavy atom. The maximum Gasteiger partial charge on any atom is 0.311 e. The van der Waals surface area contributed by atoms with Crippen LogP contribution in [0.2, 0.25) is 5.02 Å². The van der Waals surface area contributed by atoms with E-state index in [1.54, 1.807) is 18.2 Å². The Morgan fingerprint density at radius 3 is 2.62 bits per heavy atom. The first kappa shape index (κ1) is 20.8. The van der Waals surface area contributed by atoms with Gasteiger partial charge >= 0.3 is 5.97 Å². The van der Waals surface area contributed by atoms with E-state index in [1.807, 2.05) is 12.1 Å². The Hall–Kier alpha value is -2.93. The summed E-state index contributed by atoms with van der Waals surface area (Å²) in [6.07, 6.45) is 0.539. The van der Waals surface area contributed by atoms with Crippen LogP contribution in [0.1, 0.15) is 12.0 Å². The number of carbonyl (C=O) groups is 3. The summed E-state index contributed by atoms with van der Waals surface area (Å²) in [7, 11) is 0. The van der Waals surface area contributed by atoms with Crippen LogP contribution >= 0.6 is 11.6 Å². The van der Waals surface area contributed by atoms with Crippen molar-refractivity contribution in [1.82, 2.24) is 5.32 Å². The maximum atomic E-state index is 13.9. The third kappa shape index (κ3) is 5.54. The SMILES string of the molecule is O=C(COC(=O)[C@@H]1CC(=O)N(c2ccccc2F)C1)NCCc1ccc(Cl)cc1. The second kappa shape index (κ2) is 9.52. The molecule has 0 bridgehead atoms. The molecular weight excluding hydrogens is 399 g/mol. The molecule has 8 heteroatoms. The van der Waals surface area contributed by atoms with Crippen LogP contribution in [0.4, 0.5) is 10.1 Å². The monoisotopic (exact) mass is 418 g/mol. The molecule has 3 rings (SSSR count). The van der Waals surface area contributed by atoms with E-state index in [0.29, 0.717) is 18.0 Å². The van der Waals surface area contributed by atoms with Gasteiger partial charge in [0.1, 0.15) is 5.82 Å². The number of nitrogens with zero attached hydrogens (tertiary/aromatic N) is 1. The minimum atomic E-state index is -0.732. The molecular formula is C21H20ClFN2O4. The topological polar surface area (TPSA) is 75.7 Å². The summed E-state index contributed by atoms with van der Waals surface area (Å²) in [5.41, 5.74) is 1.15. The van der Waals surface area contributed by atoms with Crippen LogP contribution in [0.3, 0.4) is 0 Å².